The zero-order chi connectivity index (χ0) is 19.1. The van der Waals surface area contributed by atoms with Crippen molar-refractivity contribution in [2.45, 2.75) is 25.7 Å². The molecule has 2 aliphatic rings. The van der Waals surface area contributed by atoms with Crippen LogP contribution in [-0.2, 0) is 17.6 Å². The Morgan fingerprint density at radius 3 is 2.71 bits per heavy atom. The van der Waals surface area contributed by atoms with Gasteiger partial charge in [-0.15, -0.1) is 0 Å². The highest BCUT2D eigenvalue weighted by Gasteiger charge is 2.30. The lowest BCUT2D eigenvalue weighted by Crippen LogP contribution is -2.43. The second-order valence-corrected chi connectivity index (χ2v) is 7.67. The first kappa shape index (κ1) is 17.0. The zero-order valence-corrected chi connectivity index (χ0v) is 15.6. The highest BCUT2D eigenvalue weighted by molar-refractivity contribution is 6.05. The number of carbonyl (C=O) groups is 2. The van der Waals surface area contributed by atoms with Crippen molar-refractivity contribution in [1.29, 1.82) is 0 Å². The highest BCUT2D eigenvalue weighted by Crippen LogP contribution is 2.35. The fourth-order valence-electron chi connectivity index (χ4n) is 4.52. The number of nitrogens with zero attached hydrogens (tertiary/aromatic N) is 1. The van der Waals surface area contributed by atoms with Crippen molar-refractivity contribution in [3.63, 3.8) is 0 Å². The monoisotopic (exact) mass is 374 g/mol. The van der Waals surface area contributed by atoms with Crippen molar-refractivity contribution < 1.29 is 14.0 Å². The summed E-state index contributed by atoms with van der Waals surface area (Å²) in [7, 11) is 0. The molecule has 1 atom stereocenters. The number of anilines is 1. The molecule has 3 aromatic rings. The molecule has 5 heteroatoms. The number of amides is 2. The Morgan fingerprint density at radius 2 is 1.89 bits per heavy atom. The molecule has 1 aliphatic carbocycles. The van der Waals surface area contributed by atoms with Gasteiger partial charge in [0.05, 0.1) is 12.2 Å². The molecule has 1 saturated heterocycles. The van der Waals surface area contributed by atoms with Gasteiger partial charge >= 0.3 is 0 Å². The van der Waals surface area contributed by atoms with Crippen LogP contribution in [0.4, 0.5) is 5.69 Å². The van der Waals surface area contributed by atoms with Gasteiger partial charge in [0.2, 0.25) is 5.91 Å². The van der Waals surface area contributed by atoms with Crippen LogP contribution >= 0.6 is 0 Å². The third-order valence-electron chi connectivity index (χ3n) is 5.95. The van der Waals surface area contributed by atoms with E-state index in [2.05, 4.69) is 29.6 Å². The minimum atomic E-state index is -0.212. The summed E-state index contributed by atoms with van der Waals surface area (Å²) in [6, 6.07) is 13.8. The Bertz CT molecular complexity index is 1040. The summed E-state index contributed by atoms with van der Waals surface area (Å²) >= 11 is 0. The van der Waals surface area contributed by atoms with E-state index in [1.54, 1.807) is 17.0 Å². The Labute approximate surface area is 163 Å². The molecule has 0 unspecified atom stereocenters. The van der Waals surface area contributed by atoms with Crippen molar-refractivity contribution >= 4 is 28.3 Å². The van der Waals surface area contributed by atoms with E-state index in [1.807, 2.05) is 6.07 Å². The Morgan fingerprint density at radius 1 is 1.04 bits per heavy atom. The molecule has 0 saturated carbocycles. The number of piperidine rings is 1. The van der Waals surface area contributed by atoms with Crippen LogP contribution < -0.4 is 5.32 Å². The first-order valence-electron chi connectivity index (χ1n) is 9.88. The van der Waals surface area contributed by atoms with Crippen molar-refractivity contribution in [1.82, 2.24) is 4.90 Å². The van der Waals surface area contributed by atoms with E-state index in [4.69, 9.17) is 4.42 Å². The summed E-state index contributed by atoms with van der Waals surface area (Å²) in [6.45, 7) is 1.08. The van der Waals surface area contributed by atoms with E-state index in [0.717, 1.165) is 36.8 Å². The van der Waals surface area contributed by atoms with Gasteiger partial charge in [0, 0.05) is 24.2 Å². The second-order valence-electron chi connectivity index (χ2n) is 7.67. The smallest absolute Gasteiger partial charge is 0.289 e. The number of aryl methyl sites for hydroxylation is 2. The minimum absolute atomic E-state index is 0.0179. The third kappa shape index (κ3) is 2.87. The van der Waals surface area contributed by atoms with E-state index in [9.17, 15) is 9.59 Å². The Kier molecular flexibility index (Phi) is 4.15. The highest BCUT2D eigenvalue weighted by atomic mass is 16.3. The predicted octanol–water partition coefficient (Wildman–Crippen LogP) is 4.02. The summed E-state index contributed by atoms with van der Waals surface area (Å²) in [5.41, 5.74) is 3.58. The maximum atomic E-state index is 13.0. The van der Waals surface area contributed by atoms with E-state index < -0.39 is 0 Å². The van der Waals surface area contributed by atoms with E-state index in [0.29, 0.717) is 18.8 Å². The molecular formula is C23H22N2O3. The molecule has 5 rings (SSSR count). The van der Waals surface area contributed by atoms with Crippen LogP contribution in [0.15, 0.2) is 53.1 Å². The van der Waals surface area contributed by atoms with Crippen molar-refractivity contribution in [3.05, 3.63) is 65.6 Å². The van der Waals surface area contributed by atoms with Crippen molar-refractivity contribution in [3.8, 4) is 0 Å². The number of rotatable bonds is 3. The molecule has 0 bridgehead atoms. The molecule has 28 heavy (non-hydrogen) atoms. The molecule has 1 N–H and O–H groups in total. The molecule has 2 amide bonds. The first-order chi connectivity index (χ1) is 13.7. The molecule has 5 nitrogen and oxygen atoms in total. The van der Waals surface area contributed by atoms with Crippen molar-refractivity contribution in [2.75, 3.05) is 18.4 Å². The van der Waals surface area contributed by atoms with Gasteiger partial charge in [0.25, 0.3) is 5.91 Å². The topological polar surface area (TPSA) is 62.6 Å². The van der Waals surface area contributed by atoms with Gasteiger partial charge < -0.3 is 14.6 Å². The molecule has 142 valence electrons. The summed E-state index contributed by atoms with van der Waals surface area (Å²) in [4.78, 5) is 27.2. The largest absolute Gasteiger partial charge is 0.459 e. The van der Waals surface area contributed by atoms with Gasteiger partial charge in [-0.25, -0.2) is 0 Å². The summed E-state index contributed by atoms with van der Waals surface area (Å²) in [6.07, 6.45) is 5.23. The lowest BCUT2D eigenvalue weighted by atomic mass is 9.96. The summed E-state index contributed by atoms with van der Waals surface area (Å²) < 4.78 is 5.22. The van der Waals surface area contributed by atoms with E-state index in [-0.39, 0.29) is 17.7 Å². The molecule has 1 aliphatic heterocycles. The molecule has 2 aromatic carbocycles. The van der Waals surface area contributed by atoms with Crippen LogP contribution in [0.1, 0.15) is 34.5 Å². The molecule has 0 radical (unpaired) electrons. The number of hydrogen-bond donors (Lipinski definition) is 1. The zero-order valence-electron chi connectivity index (χ0n) is 15.6. The van der Waals surface area contributed by atoms with Crippen LogP contribution in [0.5, 0.6) is 0 Å². The average Bonchev–Trinajstić information content (AvgIpc) is 3.41. The number of furan rings is 1. The van der Waals surface area contributed by atoms with Crippen LogP contribution in [-0.4, -0.2) is 29.8 Å². The lowest BCUT2D eigenvalue weighted by Gasteiger charge is -2.31. The number of likely N-dealkylation sites (tertiary alicyclic amines) is 1. The Balaban J connectivity index is 1.35. The Hall–Kier alpha value is -3.08. The van der Waals surface area contributed by atoms with Gasteiger partial charge in [0.15, 0.2) is 5.76 Å². The average molecular weight is 374 g/mol. The standard InChI is InChI=1S/C23H22N2O3/c26-22(17-5-2-12-25(14-17)23(27)20-7-3-13-28-20)24-19-11-10-16-9-8-15-4-1-6-18(19)21(15)16/h1,3-4,6-7,10-11,13,17H,2,5,8-9,12,14H2,(H,24,26)/t17-/m1/s1. The minimum Gasteiger partial charge on any atom is -0.459 e. The molecule has 2 heterocycles. The number of carbonyl (C=O) groups excluding carboxylic acids is 2. The van der Waals surface area contributed by atoms with Gasteiger partial charge in [-0.3, -0.25) is 9.59 Å². The van der Waals surface area contributed by atoms with Crippen LogP contribution in [0, 0.1) is 5.92 Å². The molecular weight excluding hydrogens is 352 g/mol. The quantitative estimate of drug-likeness (QED) is 0.753. The van der Waals surface area contributed by atoms with Gasteiger partial charge in [-0.05, 0) is 60.4 Å². The normalized spacial score (nSPS) is 18.4. The van der Waals surface area contributed by atoms with Gasteiger partial charge in [-0.1, -0.05) is 24.3 Å². The fraction of sp³-hybridized carbons (Fsp3) is 0.304. The van der Waals surface area contributed by atoms with Gasteiger partial charge in [-0.2, -0.15) is 0 Å². The maximum absolute atomic E-state index is 13.0. The third-order valence-corrected chi connectivity index (χ3v) is 5.95. The maximum Gasteiger partial charge on any atom is 0.289 e. The number of hydrogen-bond acceptors (Lipinski definition) is 3. The van der Waals surface area contributed by atoms with Crippen LogP contribution in [0.2, 0.25) is 0 Å². The fourth-order valence-corrected chi connectivity index (χ4v) is 4.52. The van der Waals surface area contributed by atoms with E-state index >= 15 is 0 Å². The van der Waals surface area contributed by atoms with Crippen LogP contribution in [0.25, 0.3) is 10.8 Å². The number of nitrogens with one attached hydrogen (secondary N) is 1. The lowest BCUT2D eigenvalue weighted by molar-refractivity contribution is -0.121. The molecule has 0 spiro atoms. The summed E-state index contributed by atoms with van der Waals surface area (Å²) in [5.74, 6) is -0.0484. The second kappa shape index (κ2) is 6.82. The molecule has 1 aromatic heterocycles. The van der Waals surface area contributed by atoms with Crippen molar-refractivity contribution in [2.24, 2.45) is 5.92 Å². The SMILES string of the molecule is O=C(Nc1ccc2c3c(cccc13)CC2)[C@@H]1CCCN(C(=O)c2ccco2)C1. The van der Waals surface area contributed by atoms with Crippen LogP contribution in [0.3, 0.4) is 0 Å². The predicted molar refractivity (Wildman–Crippen MR) is 107 cm³/mol. The molecule has 1 fully saturated rings. The summed E-state index contributed by atoms with van der Waals surface area (Å²) in [5, 5.41) is 5.53. The van der Waals surface area contributed by atoms with Gasteiger partial charge in [0.1, 0.15) is 0 Å². The first-order valence-corrected chi connectivity index (χ1v) is 9.88. The number of benzene rings is 2. The van der Waals surface area contributed by atoms with E-state index in [1.165, 1.54) is 22.8 Å².